The van der Waals surface area contributed by atoms with Crippen LogP contribution in [-0.4, -0.2) is 16.8 Å². The topological polar surface area (TPSA) is 77.5 Å². The first-order valence-corrected chi connectivity index (χ1v) is 15.6. The number of ether oxygens (including phenoxy) is 1. The van der Waals surface area contributed by atoms with Crippen molar-refractivity contribution in [2.24, 2.45) is 0 Å². The number of rotatable bonds is 7. The summed E-state index contributed by atoms with van der Waals surface area (Å²) >= 11 is 0. The van der Waals surface area contributed by atoms with Crippen LogP contribution in [0.4, 0.5) is 0 Å². The van der Waals surface area contributed by atoms with Crippen molar-refractivity contribution in [3.63, 3.8) is 0 Å². The van der Waals surface area contributed by atoms with Crippen molar-refractivity contribution in [3.05, 3.63) is 114 Å². The molecule has 0 radical (unpaired) electrons. The minimum Gasteiger partial charge on any atom is -0.483 e. The van der Waals surface area contributed by atoms with Crippen LogP contribution in [0, 0.1) is 6.92 Å². The zero-order chi connectivity index (χ0) is 28.6. The SMILES string of the molecule is Cc1ccc(S(=O)(=O)c2ccc(C(C)(C)Oc3ccc(S(=O)(=O)c4ccc(C(C)(C)C)cc4)cc3)cc2)cc1. The second kappa shape index (κ2) is 10.3. The van der Waals surface area contributed by atoms with Crippen LogP contribution < -0.4 is 4.74 Å². The number of benzene rings is 4. The molecule has 4 aromatic rings. The van der Waals surface area contributed by atoms with E-state index in [1.165, 1.54) is 12.1 Å². The molecule has 204 valence electrons. The Morgan fingerprint density at radius 2 is 0.821 bits per heavy atom. The number of aryl methyl sites for hydroxylation is 1. The Hall–Kier alpha value is -3.42. The van der Waals surface area contributed by atoms with E-state index in [1.807, 2.05) is 32.9 Å². The highest BCUT2D eigenvalue weighted by Crippen LogP contribution is 2.32. The largest absolute Gasteiger partial charge is 0.483 e. The van der Waals surface area contributed by atoms with E-state index in [0.29, 0.717) is 5.75 Å². The van der Waals surface area contributed by atoms with Crippen LogP contribution in [0.25, 0.3) is 0 Å². The van der Waals surface area contributed by atoms with E-state index >= 15 is 0 Å². The third-order valence-corrected chi connectivity index (χ3v) is 10.3. The van der Waals surface area contributed by atoms with Gasteiger partial charge < -0.3 is 4.74 Å². The van der Waals surface area contributed by atoms with Gasteiger partial charge in [0.1, 0.15) is 11.4 Å². The summed E-state index contributed by atoms with van der Waals surface area (Å²) in [7, 11) is -7.30. The zero-order valence-electron chi connectivity index (χ0n) is 23.1. The van der Waals surface area contributed by atoms with E-state index in [4.69, 9.17) is 4.74 Å². The summed E-state index contributed by atoms with van der Waals surface area (Å²) in [4.78, 5) is 0.875. The fourth-order valence-corrected chi connectivity index (χ4v) is 6.72. The molecule has 0 aliphatic heterocycles. The Bertz CT molecular complexity index is 1660. The Labute approximate surface area is 232 Å². The molecule has 0 N–H and O–H groups in total. The summed E-state index contributed by atoms with van der Waals surface area (Å²) in [5, 5.41) is 0. The highest BCUT2D eigenvalue weighted by molar-refractivity contribution is 7.91. The Balaban J connectivity index is 1.51. The summed E-state index contributed by atoms with van der Waals surface area (Å²) < 4.78 is 58.5. The molecule has 0 aliphatic carbocycles. The second-order valence-corrected chi connectivity index (χ2v) is 15.1. The lowest BCUT2D eigenvalue weighted by Gasteiger charge is -2.27. The molecule has 0 amide bonds. The van der Waals surface area contributed by atoms with Gasteiger partial charge in [-0.25, -0.2) is 16.8 Å². The molecule has 0 fully saturated rings. The molecular weight excluding hydrogens is 528 g/mol. The van der Waals surface area contributed by atoms with Crippen LogP contribution in [0.3, 0.4) is 0 Å². The van der Waals surface area contributed by atoms with E-state index in [0.717, 1.165) is 16.7 Å². The van der Waals surface area contributed by atoms with Crippen LogP contribution in [0.15, 0.2) is 117 Å². The zero-order valence-corrected chi connectivity index (χ0v) is 24.7. The van der Waals surface area contributed by atoms with E-state index in [1.54, 1.807) is 72.8 Å². The van der Waals surface area contributed by atoms with Gasteiger partial charge in [-0.1, -0.05) is 62.7 Å². The molecule has 7 heteroatoms. The monoisotopic (exact) mass is 562 g/mol. The first-order chi connectivity index (χ1) is 18.1. The van der Waals surface area contributed by atoms with Gasteiger partial charge >= 0.3 is 0 Å². The van der Waals surface area contributed by atoms with Crippen LogP contribution in [0.2, 0.25) is 0 Å². The highest BCUT2D eigenvalue weighted by atomic mass is 32.2. The molecule has 4 rings (SSSR count). The van der Waals surface area contributed by atoms with E-state index < -0.39 is 25.3 Å². The van der Waals surface area contributed by atoms with Gasteiger partial charge in [0.15, 0.2) is 0 Å². The first kappa shape index (κ1) is 28.6. The molecule has 0 aromatic heterocycles. The molecule has 0 spiro atoms. The summed E-state index contributed by atoms with van der Waals surface area (Å²) in [6, 6.07) is 26.7. The van der Waals surface area contributed by atoms with Crippen molar-refractivity contribution >= 4 is 19.7 Å². The maximum Gasteiger partial charge on any atom is 0.206 e. The van der Waals surface area contributed by atoms with Crippen LogP contribution in [-0.2, 0) is 30.7 Å². The van der Waals surface area contributed by atoms with Gasteiger partial charge in [0.2, 0.25) is 19.7 Å². The highest BCUT2D eigenvalue weighted by Gasteiger charge is 2.25. The summed E-state index contributed by atoms with van der Waals surface area (Å²) in [6.07, 6.45) is 0. The maximum atomic E-state index is 13.2. The van der Waals surface area contributed by atoms with Crippen LogP contribution in [0.1, 0.15) is 51.3 Å². The minimum atomic E-state index is -3.67. The Kier molecular flexibility index (Phi) is 7.54. The van der Waals surface area contributed by atoms with E-state index in [2.05, 4.69) is 20.8 Å². The second-order valence-electron chi connectivity index (χ2n) is 11.2. The molecule has 0 bridgehead atoms. The molecule has 0 heterocycles. The molecule has 4 aromatic carbocycles. The van der Waals surface area contributed by atoms with Gasteiger partial charge in [0.25, 0.3) is 0 Å². The molecule has 5 nitrogen and oxygen atoms in total. The number of hydrogen-bond acceptors (Lipinski definition) is 5. The number of sulfone groups is 2. The summed E-state index contributed by atoms with van der Waals surface area (Å²) in [6.45, 7) is 11.9. The van der Waals surface area contributed by atoms with Crippen molar-refractivity contribution in [1.29, 1.82) is 0 Å². The van der Waals surface area contributed by atoms with Crippen LogP contribution >= 0.6 is 0 Å². The molecule has 39 heavy (non-hydrogen) atoms. The lowest BCUT2D eigenvalue weighted by Crippen LogP contribution is -2.25. The van der Waals surface area contributed by atoms with Gasteiger partial charge in [0, 0.05) is 0 Å². The van der Waals surface area contributed by atoms with Crippen molar-refractivity contribution in [1.82, 2.24) is 0 Å². The molecule has 0 saturated heterocycles. The van der Waals surface area contributed by atoms with Crippen molar-refractivity contribution in [2.45, 2.75) is 72.1 Å². The third kappa shape index (κ3) is 6.10. The fourth-order valence-electron chi connectivity index (χ4n) is 4.20. The minimum absolute atomic E-state index is 0.0657. The fraction of sp³-hybridized carbons (Fsp3) is 0.250. The summed E-state index contributed by atoms with van der Waals surface area (Å²) in [5.41, 5.74) is 1.97. The third-order valence-electron chi connectivity index (χ3n) is 6.73. The lowest BCUT2D eigenvalue weighted by atomic mass is 9.87. The van der Waals surface area contributed by atoms with Gasteiger partial charge in [0.05, 0.1) is 19.6 Å². The van der Waals surface area contributed by atoms with Gasteiger partial charge in [-0.05, 0) is 98.0 Å². The first-order valence-electron chi connectivity index (χ1n) is 12.7. The quantitative estimate of drug-likeness (QED) is 0.237. The lowest BCUT2D eigenvalue weighted by molar-refractivity contribution is 0.108. The van der Waals surface area contributed by atoms with Gasteiger partial charge in [-0.15, -0.1) is 0 Å². The maximum absolute atomic E-state index is 13.2. The molecule has 0 atom stereocenters. The molecular formula is C32H34O5S2. The van der Waals surface area contributed by atoms with Crippen molar-refractivity contribution in [2.75, 3.05) is 0 Å². The normalized spacial score (nSPS) is 12.8. The Morgan fingerprint density at radius 3 is 1.21 bits per heavy atom. The average molecular weight is 563 g/mol. The van der Waals surface area contributed by atoms with Crippen molar-refractivity contribution < 1.29 is 21.6 Å². The van der Waals surface area contributed by atoms with E-state index in [9.17, 15) is 16.8 Å². The number of hydrogen-bond donors (Lipinski definition) is 0. The molecule has 0 saturated carbocycles. The van der Waals surface area contributed by atoms with Gasteiger partial charge in [-0.2, -0.15) is 0 Å². The smallest absolute Gasteiger partial charge is 0.206 e. The molecule has 0 unspecified atom stereocenters. The molecule has 0 aliphatic rings. The van der Waals surface area contributed by atoms with Crippen LogP contribution in [0.5, 0.6) is 5.75 Å². The van der Waals surface area contributed by atoms with Crippen molar-refractivity contribution in [3.8, 4) is 5.75 Å². The van der Waals surface area contributed by atoms with Gasteiger partial charge in [-0.3, -0.25) is 0 Å². The predicted octanol–water partition coefficient (Wildman–Crippen LogP) is 7.27. The summed E-state index contributed by atoms with van der Waals surface area (Å²) in [5.74, 6) is 0.499. The Morgan fingerprint density at radius 1 is 0.487 bits per heavy atom. The standard InChI is InChI=1S/C32H34O5S2/c1-23-7-15-27(16-8-23)38(33,34)29-19-11-25(12-20-29)32(5,6)37-26-13-21-30(22-14-26)39(35,36)28-17-9-24(10-18-28)31(2,3)4/h7-22H,1-6H3. The average Bonchev–Trinajstić information content (AvgIpc) is 2.89. The predicted molar refractivity (Wildman–Crippen MR) is 154 cm³/mol. The van der Waals surface area contributed by atoms with E-state index in [-0.39, 0.29) is 25.0 Å².